The van der Waals surface area contributed by atoms with Crippen molar-refractivity contribution in [2.24, 2.45) is 0 Å². The molecule has 0 atom stereocenters. The molecule has 0 aromatic heterocycles. The van der Waals surface area contributed by atoms with E-state index >= 15 is 0 Å². The summed E-state index contributed by atoms with van der Waals surface area (Å²) in [6.07, 6.45) is 0.977. The van der Waals surface area contributed by atoms with Gasteiger partial charge in [-0.05, 0) is 29.7 Å². The van der Waals surface area contributed by atoms with E-state index in [0.29, 0.717) is 0 Å². The Bertz CT molecular complexity index is 403. The van der Waals surface area contributed by atoms with Crippen molar-refractivity contribution < 1.29 is 4.74 Å². The normalized spacial score (nSPS) is 8.47. The molecule has 0 heterocycles. The van der Waals surface area contributed by atoms with E-state index in [-0.39, 0.29) is 0 Å². The van der Waals surface area contributed by atoms with Crippen LogP contribution in [-0.2, 0) is 6.42 Å². The lowest BCUT2D eigenvalue weighted by Gasteiger charge is -2.03. The van der Waals surface area contributed by atoms with Crippen molar-refractivity contribution in [2.45, 2.75) is 34.1 Å². The molecular formula is C18H26O. The summed E-state index contributed by atoms with van der Waals surface area (Å²) in [5.74, 6) is 0.909. The number of methoxy groups -OCH3 is 1. The maximum atomic E-state index is 5.12. The molecule has 0 spiro atoms. The standard InChI is InChI=1S/C14H14O.2C2H6/c1-15-14-9-7-13(8-10-14)11-12-5-3-2-4-6-12;2*1-2/h2-10H,11H2,1H3;2*1-2H3. The number of hydrogen-bond acceptors (Lipinski definition) is 1. The van der Waals surface area contributed by atoms with Gasteiger partial charge in [0.2, 0.25) is 0 Å². The van der Waals surface area contributed by atoms with Crippen LogP contribution < -0.4 is 4.74 Å². The predicted molar refractivity (Wildman–Crippen MR) is 84.9 cm³/mol. The Hall–Kier alpha value is -1.76. The third kappa shape index (κ3) is 6.66. The Morgan fingerprint density at radius 2 is 1.16 bits per heavy atom. The smallest absolute Gasteiger partial charge is 0.118 e. The van der Waals surface area contributed by atoms with E-state index in [2.05, 4.69) is 36.4 Å². The third-order valence-corrected chi connectivity index (χ3v) is 2.41. The first-order chi connectivity index (χ1) is 9.38. The summed E-state index contributed by atoms with van der Waals surface area (Å²) >= 11 is 0. The summed E-state index contributed by atoms with van der Waals surface area (Å²) in [5.41, 5.74) is 2.64. The van der Waals surface area contributed by atoms with E-state index in [1.54, 1.807) is 7.11 Å². The largest absolute Gasteiger partial charge is 0.497 e. The van der Waals surface area contributed by atoms with Gasteiger partial charge in [-0.25, -0.2) is 0 Å². The Balaban J connectivity index is 0.000000741. The highest BCUT2D eigenvalue weighted by molar-refractivity contribution is 5.31. The Kier molecular flexibility index (Phi) is 10.3. The number of benzene rings is 2. The molecule has 104 valence electrons. The quantitative estimate of drug-likeness (QED) is 0.722. The van der Waals surface area contributed by atoms with Crippen molar-refractivity contribution in [1.29, 1.82) is 0 Å². The number of hydrogen-bond donors (Lipinski definition) is 0. The van der Waals surface area contributed by atoms with Crippen LogP contribution in [0.25, 0.3) is 0 Å². The van der Waals surface area contributed by atoms with Gasteiger partial charge in [-0.3, -0.25) is 0 Å². The molecule has 0 aliphatic heterocycles. The van der Waals surface area contributed by atoms with Crippen LogP contribution in [0.5, 0.6) is 5.75 Å². The Morgan fingerprint density at radius 1 is 0.684 bits per heavy atom. The molecule has 2 aromatic rings. The highest BCUT2D eigenvalue weighted by atomic mass is 16.5. The van der Waals surface area contributed by atoms with Gasteiger partial charge in [-0.2, -0.15) is 0 Å². The zero-order valence-corrected chi connectivity index (χ0v) is 12.8. The van der Waals surface area contributed by atoms with Gasteiger partial charge in [0.15, 0.2) is 0 Å². The van der Waals surface area contributed by atoms with Crippen LogP contribution in [0, 0.1) is 0 Å². The SMILES string of the molecule is CC.CC.COc1ccc(Cc2ccccc2)cc1. The molecule has 0 N–H and O–H groups in total. The van der Waals surface area contributed by atoms with Crippen molar-refractivity contribution >= 4 is 0 Å². The highest BCUT2D eigenvalue weighted by Gasteiger charge is 1.96. The summed E-state index contributed by atoms with van der Waals surface area (Å²) in [6.45, 7) is 8.00. The fourth-order valence-electron chi connectivity index (χ4n) is 1.57. The zero-order valence-electron chi connectivity index (χ0n) is 12.8. The second-order valence-corrected chi connectivity index (χ2v) is 3.51. The average Bonchev–Trinajstić information content (AvgIpc) is 2.53. The van der Waals surface area contributed by atoms with E-state index in [1.807, 2.05) is 45.9 Å². The van der Waals surface area contributed by atoms with Gasteiger partial charge in [-0.1, -0.05) is 70.2 Å². The molecule has 2 rings (SSSR count). The minimum absolute atomic E-state index is 0.909. The molecule has 0 saturated carbocycles. The van der Waals surface area contributed by atoms with Crippen molar-refractivity contribution in [2.75, 3.05) is 7.11 Å². The van der Waals surface area contributed by atoms with Crippen LogP contribution in [0.4, 0.5) is 0 Å². The van der Waals surface area contributed by atoms with E-state index in [4.69, 9.17) is 4.74 Å². The minimum atomic E-state index is 0.909. The molecule has 1 heteroatoms. The van der Waals surface area contributed by atoms with Gasteiger partial charge in [0.1, 0.15) is 5.75 Å². The lowest BCUT2D eigenvalue weighted by molar-refractivity contribution is 0.414. The summed E-state index contributed by atoms with van der Waals surface area (Å²) < 4.78 is 5.12. The van der Waals surface area contributed by atoms with Gasteiger partial charge in [0.05, 0.1) is 7.11 Å². The minimum Gasteiger partial charge on any atom is -0.497 e. The van der Waals surface area contributed by atoms with Crippen LogP contribution >= 0.6 is 0 Å². The van der Waals surface area contributed by atoms with Crippen molar-refractivity contribution in [3.63, 3.8) is 0 Å². The summed E-state index contributed by atoms with van der Waals surface area (Å²) in [7, 11) is 1.69. The maximum Gasteiger partial charge on any atom is 0.118 e. The summed E-state index contributed by atoms with van der Waals surface area (Å²) in [6, 6.07) is 18.7. The lowest BCUT2D eigenvalue weighted by Crippen LogP contribution is -1.88. The average molecular weight is 258 g/mol. The topological polar surface area (TPSA) is 9.23 Å². The van der Waals surface area contributed by atoms with Crippen LogP contribution in [0.15, 0.2) is 54.6 Å². The van der Waals surface area contributed by atoms with Crippen molar-refractivity contribution in [3.8, 4) is 5.75 Å². The molecular weight excluding hydrogens is 232 g/mol. The van der Waals surface area contributed by atoms with Gasteiger partial charge in [0.25, 0.3) is 0 Å². The second-order valence-electron chi connectivity index (χ2n) is 3.51. The monoisotopic (exact) mass is 258 g/mol. The van der Waals surface area contributed by atoms with Crippen molar-refractivity contribution in [3.05, 3.63) is 65.7 Å². The van der Waals surface area contributed by atoms with Crippen LogP contribution in [0.2, 0.25) is 0 Å². The molecule has 19 heavy (non-hydrogen) atoms. The number of ether oxygens (including phenoxy) is 1. The first-order valence-corrected chi connectivity index (χ1v) is 7.05. The molecule has 0 radical (unpaired) electrons. The van der Waals surface area contributed by atoms with Gasteiger partial charge < -0.3 is 4.74 Å². The van der Waals surface area contributed by atoms with Crippen molar-refractivity contribution in [1.82, 2.24) is 0 Å². The van der Waals surface area contributed by atoms with E-state index in [1.165, 1.54) is 11.1 Å². The molecule has 0 aliphatic carbocycles. The molecule has 0 unspecified atom stereocenters. The fraction of sp³-hybridized carbons (Fsp3) is 0.333. The molecule has 0 aliphatic rings. The molecule has 2 aromatic carbocycles. The maximum absolute atomic E-state index is 5.12. The van der Waals surface area contributed by atoms with E-state index < -0.39 is 0 Å². The van der Waals surface area contributed by atoms with Gasteiger partial charge >= 0.3 is 0 Å². The first kappa shape index (κ1) is 17.2. The summed E-state index contributed by atoms with van der Waals surface area (Å²) in [5, 5.41) is 0. The summed E-state index contributed by atoms with van der Waals surface area (Å²) in [4.78, 5) is 0. The van der Waals surface area contributed by atoms with Gasteiger partial charge in [-0.15, -0.1) is 0 Å². The molecule has 0 amide bonds. The zero-order chi connectivity index (χ0) is 14.5. The van der Waals surface area contributed by atoms with Crippen LogP contribution in [-0.4, -0.2) is 7.11 Å². The first-order valence-electron chi connectivity index (χ1n) is 7.05. The third-order valence-electron chi connectivity index (χ3n) is 2.41. The molecule has 0 saturated heterocycles. The Morgan fingerprint density at radius 3 is 1.63 bits per heavy atom. The number of rotatable bonds is 3. The van der Waals surface area contributed by atoms with Crippen LogP contribution in [0.3, 0.4) is 0 Å². The second kappa shape index (κ2) is 11.3. The molecule has 0 bridgehead atoms. The van der Waals surface area contributed by atoms with Crippen LogP contribution in [0.1, 0.15) is 38.8 Å². The fourth-order valence-corrected chi connectivity index (χ4v) is 1.57. The van der Waals surface area contributed by atoms with E-state index in [0.717, 1.165) is 12.2 Å². The molecule has 1 nitrogen and oxygen atoms in total. The van der Waals surface area contributed by atoms with E-state index in [9.17, 15) is 0 Å². The predicted octanol–water partition coefficient (Wildman–Crippen LogP) is 5.34. The molecule has 0 fully saturated rings. The Labute approximate surface area is 118 Å². The highest BCUT2D eigenvalue weighted by Crippen LogP contribution is 2.14. The lowest BCUT2D eigenvalue weighted by atomic mass is 10.1. The van der Waals surface area contributed by atoms with Gasteiger partial charge in [0, 0.05) is 0 Å².